The Morgan fingerprint density at radius 2 is 1.80 bits per heavy atom. The number of nitrogens with zero attached hydrogens (tertiary/aromatic N) is 1. The molecular weight excluding hydrogens is 345 g/mol. The summed E-state index contributed by atoms with van der Waals surface area (Å²) in [6, 6.07) is 12.2. The van der Waals surface area contributed by atoms with Crippen molar-refractivity contribution in [1.29, 1.82) is 0 Å². The van der Waals surface area contributed by atoms with E-state index in [9.17, 15) is 17.6 Å². The maximum atomic E-state index is 14.1. The Balaban J connectivity index is 1.87. The number of hydrogen-bond acceptors (Lipinski definition) is 4. The minimum absolute atomic E-state index is 0.0605. The van der Waals surface area contributed by atoms with Crippen molar-refractivity contribution in [2.75, 3.05) is 13.1 Å². The average molecular weight is 363 g/mol. The third kappa shape index (κ3) is 3.55. The van der Waals surface area contributed by atoms with Crippen molar-refractivity contribution in [3.8, 4) is 0 Å². The van der Waals surface area contributed by atoms with Crippen LogP contribution in [0.5, 0.6) is 0 Å². The lowest BCUT2D eigenvalue weighted by molar-refractivity contribution is 0.0784. The summed E-state index contributed by atoms with van der Waals surface area (Å²) in [6.45, 7) is 0.598. The van der Waals surface area contributed by atoms with Crippen LogP contribution < -0.4 is 10.9 Å². The van der Waals surface area contributed by atoms with Crippen molar-refractivity contribution >= 4 is 15.9 Å². The number of sulfonamides is 1. The molecule has 25 heavy (non-hydrogen) atoms. The summed E-state index contributed by atoms with van der Waals surface area (Å²) in [4.78, 5) is 13.8. The number of nitrogens with two attached hydrogens (primary N) is 2. The van der Waals surface area contributed by atoms with E-state index in [2.05, 4.69) is 0 Å². The van der Waals surface area contributed by atoms with E-state index in [0.717, 1.165) is 23.8 Å². The van der Waals surface area contributed by atoms with Crippen LogP contribution in [0.4, 0.5) is 4.39 Å². The number of halogens is 1. The molecule has 0 aliphatic carbocycles. The topological polar surface area (TPSA) is 106 Å². The van der Waals surface area contributed by atoms with Gasteiger partial charge in [0, 0.05) is 25.0 Å². The van der Waals surface area contributed by atoms with Crippen LogP contribution in [0.3, 0.4) is 0 Å². The van der Waals surface area contributed by atoms with Gasteiger partial charge < -0.3 is 10.6 Å². The highest BCUT2D eigenvalue weighted by atomic mass is 32.2. The molecule has 0 unspecified atom stereocenters. The molecule has 1 amide bonds. The molecule has 0 aromatic heterocycles. The minimum Gasteiger partial charge on any atom is -0.336 e. The molecule has 8 heteroatoms. The molecule has 1 aliphatic rings. The van der Waals surface area contributed by atoms with Crippen molar-refractivity contribution < 1.29 is 17.6 Å². The van der Waals surface area contributed by atoms with E-state index in [1.807, 2.05) is 30.3 Å². The summed E-state index contributed by atoms with van der Waals surface area (Å²) in [6.07, 6.45) is 0. The van der Waals surface area contributed by atoms with Crippen LogP contribution in [0, 0.1) is 5.82 Å². The molecule has 4 N–H and O–H groups in total. The molecule has 1 aliphatic heterocycles. The average Bonchev–Trinajstić information content (AvgIpc) is 2.96. The molecule has 0 saturated carbocycles. The third-order valence-corrected chi connectivity index (χ3v) is 5.29. The molecule has 1 saturated heterocycles. The van der Waals surface area contributed by atoms with Crippen LogP contribution in [0.1, 0.15) is 21.8 Å². The summed E-state index contributed by atoms with van der Waals surface area (Å²) in [5, 5.41) is 5.05. The minimum atomic E-state index is -4.03. The fourth-order valence-electron chi connectivity index (χ4n) is 3.06. The number of carbonyl (C=O) groups is 1. The Labute approximate surface area is 145 Å². The fourth-order valence-corrected chi connectivity index (χ4v) is 3.60. The summed E-state index contributed by atoms with van der Waals surface area (Å²) < 4.78 is 36.9. The van der Waals surface area contributed by atoms with E-state index < -0.39 is 21.7 Å². The van der Waals surface area contributed by atoms with Crippen molar-refractivity contribution in [3.05, 3.63) is 65.5 Å². The SMILES string of the molecule is N[C@@H]1CN(C(=O)c2cc(S(N)(=O)=O)ccc2F)C[C@H]1c1ccccc1. The van der Waals surface area contributed by atoms with E-state index in [-0.39, 0.29) is 29.0 Å². The molecule has 2 aromatic rings. The van der Waals surface area contributed by atoms with Gasteiger partial charge in [-0.25, -0.2) is 17.9 Å². The van der Waals surface area contributed by atoms with E-state index in [1.54, 1.807) is 0 Å². The van der Waals surface area contributed by atoms with Gasteiger partial charge in [0.05, 0.1) is 10.5 Å². The highest BCUT2D eigenvalue weighted by Crippen LogP contribution is 2.28. The molecule has 2 aromatic carbocycles. The Bertz CT molecular complexity index is 903. The summed E-state index contributed by atoms with van der Waals surface area (Å²) >= 11 is 0. The van der Waals surface area contributed by atoms with Gasteiger partial charge in [-0.3, -0.25) is 4.79 Å². The van der Waals surface area contributed by atoms with Crippen molar-refractivity contribution in [2.24, 2.45) is 10.9 Å². The predicted molar refractivity (Wildman–Crippen MR) is 90.8 cm³/mol. The molecule has 6 nitrogen and oxygen atoms in total. The van der Waals surface area contributed by atoms with E-state index in [1.165, 1.54) is 4.90 Å². The lowest BCUT2D eigenvalue weighted by Gasteiger charge is -2.17. The van der Waals surface area contributed by atoms with Gasteiger partial charge in [0.25, 0.3) is 5.91 Å². The number of benzene rings is 2. The molecule has 0 bridgehead atoms. The first-order valence-electron chi connectivity index (χ1n) is 7.69. The van der Waals surface area contributed by atoms with Gasteiger partial charge in [-0.15, -0.1) is 0 Å². The maximum absolute atomic E-state index is 14.1. The van der Waals surface area contributed by atoms with Crippen molar-refractivity contribution in [3.63, 3.8) is 0 Å². The standard InChI is InChI=1S/C17H18FN3O3S/c18-15-7-6-12(25(20,23)24)8-13(15)17(22)21-9-14(16(19)10-21)11-4-2-1-3-5-11/h1-8,14,16H,9-10,19H2,(H2,20,23,24)/t14-,16+/m0/s1. The smallest absolute Gasteiger partial charge is 0.256 e. The van der Waals surface area contributed by atoms with E-state index in [4.69, 9.17) is 10.9 Å². The molecule has 1 heterocycles. The molecule has 132 valence electrons. The molecule has 0 radical (unpaired) electrons. The normalized spacial score (nSPS) is 20.7. The zero-order chi connectivity index (χ0) is 18.2. The highest BCUT2D eigenvalue weighted by molar-refractivity contribution is 7.89. The largest absolute Gasteiger partial charge is 0.336 e. The van der Waals surface area contributed by atoms with Gasteiger partial charge in [0.15, 0.2) is 0 Å². The number of carbonyl (C=O) groups excluding carboxylic acids is 1. The van der Waals surface area contributed by atoms with E-state index in [0.29, 0.717) is 6.54 Å². The zero-order valence-electron chi connectivity index (χ0n) is 13.3. The third-order valence-electron chi connectivity index (χ3n) is 4.38. The van der Waals surface area contributed by atoms with Gasteiger partial charge in [-0.05, 0) is 23.8 Å². The van der Waals surface area contributed by atoms with Crippen LogP contribution in [0.25, 0.3) is 0 Å². The molecule has 1 fully saturated rings. The molecular formula is C17H18FN3O3S. The molecule has 3 rings (SSSR count). The monoisotopic (exact) mass is 363 g/mol. The highest BCUT2D eigenvalue weighted by Gasteiger charge is 2.35. The van der Waals surface area contributed by atoms with Crippen molar-refractivity contribution in [2.45, 2.75) is 16.9 Å². The second-order valence-corrected chi connectivity index (χ2v) is 7.64. The lowest BCUT2D eigenvalue weighted by atomic mass is 9.95. The van der Waals surface area contributed by atoms with Gasteiger partial charge >= 0.3 is 0 Å². The first-order valence-corrected chi connectivity index (χ1v) is 9.24. The first-order chi connectivity index (χ1) is 11.8. The number of hydrogen-bond donors (Lipinski definition) is 2. The summed E-state index contributed by atoms with van der Waals surface area (Å²) in [7, 11) is -4.03. The van der Waals surface area contributed by atoms with Crippen molar-refractivity contribution in [1.82, 2.24) is 4.90 Å². The zero-order valence-corrected chi connectivity index (χ0v) is 14.1. The lowest BCUT2D eigenvalue weighted by Crippen LogP contribution is -2.32. The van der Waals surface area contributed by atoms with Crippen LogP contribution in [0.2, 0.25) is 0 Å². The van der Waals surface area contributed by atoms with Gasteiger partial charge in [0.1, 0.15) is 5.82 Å². The molecule has 2 atom stereocenters. The number of rotatable bonds is 3. The number of likely N-dealkylation sites (tertiary alicyclic amines) is 1. The number of amides is 1. The van der Waals surface area contributed by atoms with Crippen LogP contribution in [0.15, 0.2) is 53.4 Å². The van der Waals surface area contributed by atoms with E-state index >= 15 is 0 Å². The van der Waals surface area contributed by atoms with Crippen LogP contribution in [-0.4, -0.2) is 38.4 Å². The predicted octanol–water partition coefficient (Wildman–Crippen LogP) is 1.04. The maximum Gasteiger partial charge on any atom is 0.256 e. The van der Waals surface area contributed by atoms with Crippen LogP contribution in [-0.2, 0) is 10.0 Å². The van der Waals surface area contributed by atoms with Gasteiger partial charge in [-0.1, -0.05) is 30.3 Å². The molecule has 0 spiro atoms. The fraction of sp³-hybridized carbons (Fsp3) is 0.235. The van der Waals surface area contributed by atoms with Gasteiger partial charge in [0.2, 0.25) is 10.0 Å². The summed E-state index contributed by atoms with van der Waals surface area (Å²) in [5.41, 5.74) is 6.83. The quantitative estimate of drug-likeness (QED) is 0.850. The Morgan fingerprint density at radius 1 is 1.12 bits per heavy atom. The number of primary sulfonamides is 1. The van der Waals surface area contributed by atoms with Crippen LogP contribution >= 0.6 is 0 Å². The van der Waals surface area contributed by atoms with Gasteiger partial charge in [-0.2, -0.15) is 0 Å². The summed E-state index contributed by atoms with van der Waals surface area (Å²) in [5.74, 6) is -1.46. The second-order valence-electron chi connectivity index (χ2n) is 6.08. The Kier molecular flexibility index (Phi) is 4.59. The Hall–Kier alpha value is -2.29. The first kappa shape index (κ1) is 17.5. The second kappa shape index (κ2) is 6.55. The Morgan fingerprint density at radius 3 is 2.44 bits per heavy atom.